The minimum absolute atomic E-state index is 0.222. The van der Waals surface area contributed by atoms with Crippen molar-refractivity contribution in [2.75, 3.05) is 19.6 Å². The quantitative estimate of drug-likeness (QED) is 0.945. The van der Waals surface area contributed by atoms with Gasteiger partial charge in [-0.2, -0.15) is 5.10 Å². The standard InChI is InChI=1S/C17H23FN4/c1-12-10-21(9-8-19-12)11-17-13(2)20-22(14(17)3)16-6-4-15(18)5-7-16/h4-7,12,19H,8-11H2,1-3H3/t12-/m1/s1. The number of piperazine rings is 1. The molecule has 0 bridgehead atoms. The first-order chi connectivity index (χ1) is 10.5. The maximum Gasteiger partial charge on any atom is 0.123 e. The zero-order valence-electron chi connectivity index (χ0n) is 13.4. The molecule has 1 aromatic carbocycles. The predicted molar refractivity (Wildman–Crippen MR) is 85.7 cm³/mol. The Hall–Kier alpha value is -1.72. The van der Waals surface area contributed by atoms with E-state index in [2.05, 4.69) is 29.2 Å². The van der Waals surface area contributed by atoms with Gasteiger partial charge in [0.05, 0.1) is 11.4 Å². The van der Waals surface area contributed by atoms with Crippen molar-refractivity contribution in [3.05, 3.63) is 47.0 Å². The summed E-state index contributed by atoms with van der Waals surface area (Å²) >= 11 is 0. The van der Waals surface area contributed by atoms with Crippen LogP contribution in [0.25, 0.3) is 5.69 Å². The Morgan fingerprint density at radius 2 is 2.00 bits per heavy atom. The molecule has 2 heterocycles. The topological polar surface area (TPSA) is 33.1 Å². The highest BCUT2D eigenvalue weighted by Crippen LogP contribution is 2.20. The summed E-state index contributed by atoms with van der Waals surface area (Å²) in [6.45, 7) is 10.4. The molecule has 0 aliphatic carbocycles. The van der Waals surface area contributed by atoms with Gasteiger partial charge in [-0.15, -0.1) is 0 Å². The Balaban J connectivity index is 1.85. The van der Waals surface area contributed by atoms with Gasteiger partial charge < -0.3 is 5.32 Å². The maximum atomic E-state index is 13.1. The fourth-order valence-electron chi connectivity index (χ4n) is 3.12. The minimum atomic E-state index is -0.222. The molecule has 0 spiro atoms. The molecule has 0 saturated carbocycles. The second-order valence-electron chi connectivity index (χ2n) is 6.13. The number of aromatic nitrogens is 2. The van der Waals surface area contributed by atoms with Crippen LogP contribution in [-0.2, 0) is 6.54 Å². The molecule has 0 amide bonds. The summed E-state index contributed by atoms with van der Waals surface area (Å²) in [6, 6.07) is 7.02. The van der Waals surface area contributed by atoms with Crippen LogP contribution in [0.1, 0.15) is 23.9 Å². The summed E-state index contributed by atoms with van der Waals surface area (Å²) in [5, 5.41) is 8.11. The smallest absolute Gasteiger partial charge is 0.123 e. The number of rotatable bonds is 3. The average Bonchev–Trinajstić information content (AvgIpc) is 2.76. The summed E-state index contributed by atoms with van der Waals surface area (Å²) < 4.78 is 15.0. The molecule has 1 atom stereocenters. The highest BCUT2D eigenvalue weighted by Gasteiger charge is 2.20. The summed E-state index contributed by atoms with van der Waals surface area (Å²) in [5.41, 5.74) is 4.36. The molecular formula is C17H23FN4. The van der Waals surface area contributed by atoms with Crippen LogP contribution in [0, 0.1) is 19.7 Å². The molecule has 4 nitrogen and oxygen atoms in total. The molecule has 1 fully saturated rings. The van der Waals surface area contributed by atoms with E-state index in [0.717, 1.165) is 43.3 Å². The molecule has 1 aromatic heterocycles. The molecule has 2 aromatic rings. The molecule has 0 unspecified atom stereocenters. The van der Waals surface area contributed by atoms with E-state index < -0.39 is 0 Å². The van der Waals surface area contributed by atoms with Crippen LogP contribution in [-0.4, -0.2) is 40.4 Å². The van der Waals surface area contributed by atoms with Gasteiger partial charge in [-0.3, -0.25) is 4.90 Å². The van der Waals surface area contributed by atoms with Crippen molar-refractivity contribution in [3.8, 4) is 5.69 Å². The van der Waals surface area contributed by atoms with Crippen molar-refractivity contribution in [1.82, 2.24) is 20.0 Å². The fraction of sp³-hybridized carbons (Fsp3) is 0.471. The first-order valence-electron chi connectivity index (χ1n) is 7.81. The minimum Gasteiger partial charge on any atom is -0.312 e. The van der Waals surface area contributed by atoms with Crippen LogP contribution in [0.3, 0.4) is 0 Å². The molecule has 0 radical (unpaired) electrons. The molecule has 1 aliphatic rings. The van der Waals surface area contributed by atoms with Crippen molar-refractivity contribution >= 4 is 0 Å². The van der Waals surface area contributed by atoms with E-state index in [0.29, 0.717) is 6.04 Å². The number of nitrogens with zero attached hydrogens (tertiary/aromatic N) is 3. The van der Waals surface area contributed by atoms with Crippen LogP contribution < -0.4 is 5.32 Å². The zero-order chi connectivity index (χ0) is 15.7. The van der Waals surface area contributed by atoms with E-state index in [1.54, 1.807) is 12.1 Å². The fourth-order valence-corrected chi connectivity index (χ4v) is 3.12. The number of nitrogens with one attached hydrogen (secondary N) is 1. The third kappa shape index (κ3) is 3.05. The number of benzene rings is 1. The van der Waals surface area contributed by atoms with E-state index >= 15 is 0 Å². The number of halogens is 1. The normalized spacial score (nSPS) is 19.5. The lowest BCUT2D eigenvalue weighted by atomic mass is 10.1. The Morgan fingerprint density at radius 1 is 1.27 bits per heavy atom. The largest absolute Gasteiger partial charge is 0.312 e. The van der Waals surface area contributed by atoms with E-state index in [9.17, 15) is 4.39 Å². The first kappa shape index (κ1) is 15.2. The van der Waals surface area contributed by atoms with E-state index in [4.69, 9.17) is 0 Å². The van der Waals surface area contributed by atoms with Crippen LogP contribution in [0.4, 0.5) is 4.39 Å². The van der Waals surface area contributed by atoms with Crippen LogP contribution in [0.5, 0.6) is 0 Å². The summed E-state index contributed by atoms with van der Waals surface area (Å²) in [6.07, 6.45) is 0. The Kier molecular flexibility index (Phi) is 4.27. The predicted octanol–water partition coefficient (Wildman–Crippen LogP) is 2.42. The molecule has 1 N–H and O–H groups in total. The zero-order valence-corrected chi connectivity index (χ0v) is 13.4. The van der Waals surface area contributed by atoms with Crippen LogP contribution in [0.2, 0.25) is 0 Å². The van der Waals surface area contributed by atoms with Crippen molar-refractivity contribution in [2.45, 2.75) is 33.4 Å². The lowest BCUT2D eigenvalue weighted by Crippen LogP contribution is -2.48. The second-order valence-corrected chi connectivity index (χ2v) is 6.13. The second kappa shape index (κ2) is 6.18. The molecule has 1 saturated heterocycles. The number of hydrogen-bond donors (Lipinski definition) is 1. The van der Waals surface area contributed by atoms with Crippen LogP contribution >= 0.6 is 0 Å². The Labute approximate surface area is 130 Å². The third-order valence-electron chi connectivity index (χ3n) is 4.35. The van der Waals surface area contributed by atoms with Crippen molar-refractivity contribution in [1.29, 1.82) is 0 Å². The summed E-state index contributed by atoms with van der Waals surface area (Å²) in [5.74, 6) is -0.222. The maximum absolute atomic E-state index is 13.1. The summed E-state index contributed by atoms with van der Waals surface area (Å²) in [7, 11) is 0. The highest BCUT2D eigenvalue weighted by molar-refractivity contribution is 5.37. The lowest BCUT2D eigenvalue weighted by Gasteiger charge is -2.31. The van der Waals surface area contributed by atoms with E-state index in [1.165, 1.54) is 17.7 Å². The molecule has 5 heteroatoms. The number of hydrogen-bond acceptors (Lipinski definition) is 3. The van der Waals surface area contributed by atoms with E-state index in [1.807, 2.05) is 11.6 Å². The van der Waals surface area contributed by atoms with Gasteiger partial charge in [-0.05, 0) is 45.0 Å². The van der Waals surface area contributed by atoms with Gasteiger partial charge in [0.2, 0.25) is 0 Å². The molecule has 1 aliphatic heterocycles. The number of aryl methyl sites for hydroxylation is 1. The van der Waals surface area contributed by atoms with Crippen molar-refractivity contribution in [3.63, 3.8) is 0 Å². The highest BCUT2D eigenvalue weighted by atomic mass is 19.1. The van der Waals surface area contributed by atoms with Crippen molar-refractivity contribution in [2.24, 2.45) is 0 Å². The van der Waals surface area contributed by atoms with Gasteiger partial charge in [0.1, 0.15) is 5.82 Å². The van der Waals surface area contributed by atoms with E-state index in [-0.39, 0.29) is 5.82 Å². The van der Waals surface area contributed by atoms with Gasteiger partial charge in [0.15, 0.2) is 0 Å². The van der Waals surface area contributed by atoms with Crippen LogP contribution in [0.15, 0.2) is 24.3 Å². The van der Waals surface area contributed by atoms with Gasteiger partial charge in [-0.1, -0.05) is 0 Å². The Bertz CT molecular complexity index is 647. The molecular weight excluding hydrogens is 279 g/mol. The molecule has 3 rings (SSSR count). The van der Waals surface area contributed by atoms with Crippen molar-refractivity contribution < 1.29 is 4.39 Å². The van der Waals surface area contributed by atoms with Gasteiger partial charge >= 0.3 is 0 Å². The monoisotopic (exact) mass is 302 g/mol. The molecule has 22 heavy (non-hydrogen) atoms. The Morgan fingerprint density at radius 3 is 2.68 bits per heavy atom. The molecule has 118 valence electrons. The van der Waals surface area contributed by atoms with Gasteiger partial charge in [0.25, 0.3) is 0 Å². The first-order valence-corrected chi connectivity index (χ1v) is 7.81. The van der Waals surface area contributed by atoms with Gasteiger partial charge in [0, 0.05) is 43.5 Å². The summed E-state index contributed by atoms with van der Waals surface area (Å²) in [4.78, 5) is 2.47. The third-order valence-corrected chi connectivity index (χ3v) is 4.35. The SMILES string of the molecule is Cc1nn(-c2ccc(F)cc2)c(C)c1CN1CCN[C@H](C)C1. The lowest BCUT2D eigenvalue weighted by molar-refractivity contribution is 0.199. The average molecular weight is 302 g/mol. The van der Waals surface area contributed by atoms with Gasteiger partial charge in [-0.25, -0.2) is 9.07 Å².